The van der Waals surface area contributed by atoms with Gasteiger partial charge in [-0.3, -0.25) is 19.3 Å². The fourth-order valence-corrected chi connectivity index (χ4v) is 2.75. The van der Waals surface area contributed by atoms with E-state index in [1.54, 1.807) is 14.1 Å². The van der Waals surface area contributed by atoms with E-state index >= 15 is 0 Å². The first-order chi connectivity index (χ1) is 10.3. The lowest BCUT2D eigenvalue weighted by molar-refractivity contribution is -0.145. The van der Waals surface area contributed by atoms with Gasteiger partial charge in [0.1, 0.15) is 6.54 Å². The fourth-order valence-electron chi connectivity index (χ4n) is 2.75. The molecule has 0 aromatic heterocycles. The number of nitrogens with two attached hydrogens (primary N) is 1. The van der Waals surface area contributed by atoms with Gasteiger partial charge < -0.3 is 10.6 Å². The maximum atomic E-state index is 12.4. The molecule has 1 saturated heterocycles. The Bertz CT molecular complexity index is 557. The highest BCUT2D eigenvalue weighted by molar-refractivity contribution is 6.09. The summed E-state index contributed by atoms with van der Waals surface area (Å²) in [6.07, 6.45) is 1.28. The Morgan fingerprint density at radius 3 is 2.55 bits per heavy atom. The number of rotatable bonds is 3. The van der Waals surface area contributed by atoms with Gasteiger partial charge >= 0.3 is 6.03 Å². The van der Waals surface area contributed by atoms with E-state index < -0.39 is 17.9 Å². The van der Waals surface area contributed by atoms with Crippen molar-refractivity contribution in [2.45, 2.75) is 19.3 Å². The molecule has 2 rings (SSSR count). The van der Waals surface area contributed by atoms with Crippen LogP contribution in [0.25, 0.3) is 0 Å². The molecule has 22 heavy (non-hydrogen) atoms. The van der Waals surface area contributed by atoms with E-state index in [-0.39, 0.29) is 24.3 Å². The van der Waals surface area contributed by atoms with Crippen molar-refractivity contribution < 1.29 is 19.2 Å². The summed E-state index contributed by atoms with van der Waals surface area (Å²) in [4.78, 5) is 49.4. The molecule has 3 N–H and O–H groups in total. The van der Waals surface area contributed by atoms with Gasteiger partial charge in [-0.2, -0.15) is 5.10 Å². The highest BCUT2D eigenvalue weighted by atomic mass is 16.2. The Hall–Kier alpha value is -2.45. The van der Waals surface area contributed by atoms with E-state index in [1.165, 1.54) is 4.90 Å². The monoisotopic (exact) mass is 309 g/mol. The van der Waals surface area contributed by atoms with Crippen LogP contribution in [0.2, 0.25) is 0 Å². The van der Waals surface area contributed by atoms with Crippen molar-refractivity contribution >= 4 is 29.5 Å². The Morgan fingerprint density at radius 1 is 1.32 bits per heavy atom. The van der Waals surface area contributed by atoms with E-state index in [0.29, 0.717) is 25.0 Å². The fraction of sp³-hybridized carbons (Fsp3) is 0.615. The molecule has 0 bridgehead atoms. The van der Waals surface area contributed by atoms with E-state index in [9.17, 15) is 19.2 Å². The van der Waals surface area contributed by atoms with Crippen LogP contribution in [-0.4, -0.2) is 59.9 Å². The van der Waals surface area contributed by atoms with Crippen LogP contribution in [0.5, 0.6) is 0 Å². The third-order valence-electron chi connectivity index (χ3n) is 3.97. The van der Waals surface area contributed by atoms with Gasteiger partial charge in [0.25, 0.3) is 0 Å². The second kappa shape index (κ2) is 6.12. The van der Waals surface area contributed by atoms with Crippen LogP contribution in [0.15, 0.2) is 5.10 Å². The number of fused-ring (bicyclic) bond motifs is 1. The lowest BCUT2D eigenvalue weighted by Gasteiger charge is -2.21. The molecule has 0 unspecified atom stereocenters. The van der Waals surface area contributed by atoms with Crippen LogP contribution < -0.4 is 11.2 Å². The molecule has 9 nitrogen and oxygen atoms in total. The topological polar surface area (TPSA) is 125 Å². The minimum Gasteiger partial charge on any atom is -0.350 e. The normalized spacial score (nSPS) is 26.1. The predicted octanol–water partition coefficient (Wildman–Crippen LogP) is -1.12. The molecule has 1 aliphatic carbocycles. The highest BCUT2D eigenvalue weighted by Crippen LogP contribution is 2.37. The van der Waals surface area contributed by atoms with Crippen molar-refractivity contribution in [2.75, 3.05) is 20.6 Å². The van der Waals surface area contributed by atoms with Crippen LogP contribution >= 0.6 is 0 Å². The Balaban J connectivity index is 2.09. The number of hydrazone groups is 1. The molecule has 9 heteroatoms. The van der Waals surface area contributed by atoms with Gasteiger partial charge in [0.15, 0.2) is 0 Å². The zero-order valence-corrected chi connectivity index (χ0v) is 12.5. The van der Waals surface area contributed by atoms with Gasteiger partial charge in [-0.25, -0.2) is 10.2 Å². The number of hydrogen-bond donors (Lipinski definition) is 2. The summed E-state index contributed by atoms with van der Waals surface area (Å²) >= 11 is 0. The Morgan fingerprint density at radius 2 is 1.95 bits per heavy atom. The third-order valence-corrected chi connectivity index (χ3v) is 3.97. The number of imide groups is 1. The minimum atomic E-state index is -0.776. The number of amides is 5. The van der Waals surface area contributed by atoms with Crippen LogP contribution in [0.3, 0.4) is 0 Å². The van der Waals surface area contributed by atoms with Crippen LogP contribution in [0, 0.1) is 11.8 Å². The van der Waals surface area contributed by atoms with Gasteiger partial charge in [-0.1, -0.05) is 0 Å². The molecular formula is C13H19N5O4. The quantitative estimate of drug-likeness (QED) is 0.506. The van der Waals surface area contributed by atoms with Crippen molar-refractivity contribution in [3.63, 3.8) is 0 Å². The average Bonchev–Trinajstić information content (AvgIpc) is 2.69. The summed E-state index contributed by atoms with van der Waals surface area (Å²) in [7, 11) is 3.14. The molecule has 1 aliphatic heterocycles. The van der Waals surface area contributed by atoms with Crippen molar-refractivity contribution in [3.05, 3.63) is 0 Å². The molecule has 2 aliphatic rings. The van der Waals surface area contributed by atoms with Crippen molar-refractivity contribution in [2.24, 2.45) is 22.7 Å². The first kappa shape index (κ1) is 15.9. The third kappa shape index (κ3) is 3.07. The number of carbonyl (C=O) groups excluding carboxylic acids is 4. The summed E-state index contributed by atoms with van der Waals surface area (Å²) in [5.41, 5.74) is 7.70. The number of likely N-dealkylation sites (tertiary alicyclic amines) is 1. The minimum absolute atomic E-state index is 0.232. The Labute approximate surface area is 127 Å². The second-order valence-electron chi connectivity index (χ2n) is 5.66. The molecule has 0 aromatic carbocycles. The lowest BCUT2D eigenvalue weighted by atomic mass is 9.80. The molecule has 2 atom stereocenters. The summed E-state index contributed by atoms with van der Waals surface area (Å²) in [5.74, 6) is -1.87. The zero-order chi connectivity index (χ0) is 16.4. The predicted molar refractivity (Wildman–Crippen MR) is 76.4 cm³/mol. The van der Waals surface area contributed by atoms with Crippen LogP contribution in [0.1, 0.15) is 19.3 Å². The van der Waals surface area contributed by atoms with Gasteiger partial charge in [0.05, 0.1) is 11.8 Å². The molecule has 1 saturated carbocycles. The number of nitrogens with one attached hydrogen (secondary N) is 1. The van der Waals surface area contributed by atoms with Gasteiger partial charge in [0, 0.05) is 19.8 Å². The van der Waals surface area contributed by atoms with E-state index in [1.807, 2.05) is 0 Å². The SMILES string of the molecule is CN(C)C(=O)CN1C(=O)[C@H]2CC/C(=N\NC(N)=O)C[C@H]2C1=O. The second-order valence-corrected chi connectivity index (χ2v) is 5.66. The first-order valence-electron chi connectivity index (χ1n) is 6.97. The summed E-state index contributed by atoms with van der Waals surface area (Å²) in [6, 6.07) is -0.776. The standard InChI is InChI=1S/C13H19N5O4/c1-17(2)10(19)6-18-11(20)8-4-3-7(15-16-13(14)22)5-9(8)12(18)21/h8-9H,3-6H2,1-2H3,(H3,14,16,22)/b15-7+/t8-,9+/m0/s1. The molecule has 5 amide bonds. The molecule has 0 spiro atoms. The van der Waals surface area contributed by atoms with Crippen molar-refractivity contribution in [1.82, 2.24) is 15.2 Å². The average molecular weight is 309 g/mol. The van der Waals surface area contributed by atoms with Gasteiger partial charge in [-0.05, 0) is 19.3 Å². The summed E-state index contributed by atoms with van der Waals surface area (Å²) in [6.45, 7) is -0.232. The molecule has 2 fully saturated rings. The lowest BCUT2D eigenvalue weighted by Crippen LogP contribution is -2.40. The Kier molecular flexibility index (Phi) is 4.43. The van der Waals surface area contributed by atoms with Crippen LogP contribution in [-0.2, 0) is 14.4 Å². The smallest absolute Gasteiger partial charge is 0.332 e. The van der Waals surface area contributed by atoms with Crippen molar-refractivity contribution in [3.8, 4) is 0 Å². The largest absolute Gasteiger partial charge is 0.350 e. The molecule has 0 radical (unpaired) electrons. The van der Waals surface area contributed by atoms with Crippen LogP contribution in [0.4, 0.5) is 4.79 Å². The number of urea groups is 1. The summed E-state index contributed by atoms with van der Waals surface area (Å²) < 4.78 is 0. The zero-order valence-electron chi connectivity index (χ0n) is 12.5. The van der Waals surface area contributed by atoms with E-state index in [0.717, 1.165) is 4.90 Å². The van der Waals surface area contributed by atoms with E-state index in [2.05, 4.69) is 10.5 Å². The first-order valence-corrected chi connectivity index (χ1v) is 6.97. The number of primary amides is 1. The van der Waals surface area contributed by atoms with Crippen molar-refractivity contribution in [1.29, 1.82) is 0 Å². The van der Waals surface area contributed by atoms with E-state index in [4.69, 9.17) is 5.73 Å². The number of hydrogen-bond acceptors (Lipinski definition) is 5. The molecule has 0 aromatic rings. The number of carbonyl (C=O) groups is 4. The van der Waals surface area contributed by atoms with Gasteiger partial charge in [-0.15, -0.1) is 0 Å². The maximum absolute atomic E-state index is 12.4. The molecule has 120 valence electrons. The summed E-state index contributed by atoms with van der Waals surface area (Å²) in [5, 5.41) is 3.85. The molecular weight excluding hydrogens is 290 g/mol. The molecule has 1 heterocycles. The maximum Gasteiger partial charge on any atom is 0.332 e. The number of nitrogens with zero attached hydrogens (tertiary/aromatic N) is 3. The van der Waals surface area contributed by atoms with Gasteiger partial charge in [0.2, 0.25) is 17.7 Å². The highest BCUT2D eigenvalue weighted by Gasteiger charge is 2.49. The number of likely N-dealkylation sites (N-methyl/N-ethyl adjacent to an activating group) is 1.